The van der Waals surface area contributed by atoms with Crippen LogP contribution in [-0.2, 0) is 59.0 Å². The number of nitrogens with zero attached hydrogens (tertiary/aromatic N) is 4. The molecule has 4 fully saturated rings. The van der Waals surface area contributed by atoms with E-state index in [1.807, 2.05) is 32.6 Å². The van der Waals surface area contributed by atoms with Crippen LogP contribution < -0.4 is 10.6 Å². The fourth-order valence-electron chi connectivity index (χ4n) is 13.3. The Bertz CT molecular complexity index is 2810. The molecule has 6 aliphatic heterocycles. The number of aryl methyl sites for hydroxylation is 4. The van der Waals surface area contributed by atoms with Gasteiger partial charge in [-0.05, 0) is 214 Å². The third-order valence-corrected chi connectivity index (χ3v) is 17.4. The molecule has 14 nitrogen and oxygen atoms in total. The zero-order valence-electron chi connectivity index (χ0n) is 48.1. The maximum absolute atomic E-state index is 15.5. The highest BCUT2D eigenvalue weighted by Crippen LogP contribution is 2.45. The van der Waals surface area contributed by atoms with Crippen LogP contribution >= 0.6 is 0 Å². The molecule has 0 radical (unpaired) electrons. The van der Waals surface area contributed by atoms with Crippen molar-refractivity contribution in [1.82, 2.24) is 19.8 Å². The Morgan fingerprint density at radius 1 is 0.713 bits per heavy atom. The average molecular weight is 1110 g/mol. The van der Waals surface area contributed by atoms with Crippen LogP contribution in [0.1, 0.15) is 194 Å². The number of aliphatic carboxylic acids is 1. The molecule has 16 heteroatoms. The van der Waals surface area contributed by atoms with Crippen molar-refractivity contribution < 1.29 is 47.2 Å². The van der Waals surface area contributed by atoms with E-state index < -0.39 is 41.3 Å². The average Bonchev–Trinajstić information content (AvgIpc) is 4.24. The number of halogens is 2. The number of fused-ring (bicyclic) bond motifs is 2. The Labute approximate surface area is 472 Å². The summed E-state index contributed by atoms with van der Waals surface area (Å²) in [7, 11) is 0. The van der Waals surface area contributed by atoms with E-state index in [0.29, 0.717) is 63.4 Å². The molecule has 10 rings (SSSR count). The van der Waals surface area contributed by atoms with Crippen LogP contribution in [0.2, 0.25) is 0 Å². The van der Waals surface area contributed by atoms with E-state index in [1.165, 1.54) is 29.8 Å². The van der Waals surface area contributed by atoms with Crippen LogP contribution in [0.25, 0.3) is 0 Å². The highest BCUT2D eigenvalue weighted by molar-refractivity contribution is 5.79. The Balaban J connectivity index is 0.715. The number of nitrogens with one attached hydrogen (secondary N) is 2. The summed E-state index contributed by atoms with van der Waals surface area (Å²) in [6.45, 7) is 16.4. The number of ether oxygens (including phenoxy) is 5. The number of unbranched alkanes of at least 4 members (excludes halogenated alkanes) is 2. The number of pyridine rings is 2. The largest absolute Gasteiger partial charge is 0.480 e. The molecule has 4 aromatic rings. The van der Waals surface area contributed by atoms with E-state index in [-0.39, 0.29) is 41.7 Å². The Kier molecular flexibility index (Phi) is 18.3. The third-order valence-electron chi connectivity index (χ3n) is 17.4. The number of hydrogen-bond acceptors (Lipinski definition) is 13. The summed E-state index contributed by atoms with van der Waals surface area (Å²) in [5.41, 5.74) is 5.64. The molecule has 3 N–H and O–H groups in total. The van der Waals surface area contributed by atoms with Gasteiger partial charge in [0.15, 0.2) is 0 Å². The minimum atomic E-state index is -1.01. The SMILES string of the molecule is CC(C)(CC1CCc2ccc(CCCCOC3CCN(C(C(=O)O)c4cc(F)ccc4C4CCC(C)(C)O4)C3)nc2N1)OC(=O)C(c1cc(F)ccc1C1CCC(C)(C)O1)N1CCC(OCCCCc2ccc3c(n2)NCCC3)C1. The molecule has 0 amide bonds. The standard InChI is InChI=1S/C64H86F2N6O8/c1-62(2)29-25-54(78-62)50-23-18-43(65)36-52(50)56(60(73)74)71-32-27-48(39-71)76-34-10-8-14-46-21-16-42-17-22-47(70-59(42)69-46)38-64(5,6)80-61(75)57(53-37-44(66)19-24-51(53)55-26-30-63(3,4)79-55)72-33-28-49(40-72)77-35-9-7-13-45-20-15-41-12-11-31-67-58(41)68-45/h15-16,18-21,23-24,36-37,47-49,54-57H,7-14,17,22,25-35,38-40H2,1-6H3,(H,67,68)(H,69,70)(H,73,74). The summed E-state index contributed by atoms with van der Waals surface area (Å²) in [5, 5.41) is 17.6. The number of carboxylic acid groups (broad SMARTS) is 1. The van der Waals surface area contributed by atoms with Crippen LogP contribution in [-0.4, -0.2) is 118 Å². The molecule has 6 aliphatic rings. The van der Waals surface area contributed by atoms with Crippen LogP contribution in [0.15, 0.2) is 60.7 Å². The summed E-state index contributed by atoms with van der Waals surface area (Å²) < 4.78 is 62.3. The van der Waals surface area contributed by atoms with Gasteiger partial charge in [-0.3, -0.25) is 14.6 Å². The monoisotopic (exact) mass is 1100 g/mol. The number of aromatic nitrogens is 2. The predicted octanol–water partition coefficient (Wildman–Crippen LogP) is 11.9. The first-order valence-corrected chi connectivity index (χ1v) is 29.9. The van der Waals surface area contributed by atoms with E-state index in [0.717, 1.165) is 143 Å². The molecule has 2 aromatic heterocycles. The zero-order chi connectivity index (χ0) is 56.2. The van der Waals surface area contributed by atoms with Gasteiger partial charge >= 0.3 is 11.9 Å². The van der Waals surface area contributed by atoms with Gasteiger partial charge in [0, 0.05) is 69.8 Å². The second-order valence-electron chi connectivity index (χ2n) is 25.4. The van der Waals surface area contributed by atoms with E-state index in [1.54, 1.807) is 12.1 Å². The van der Waals surface area contributed by atoms with Crippen LogP contribution in [0.3, 0.4) is 0 Å². The van der Waals surface area contributed by atoms with Crippen LogP contribution in [0, 0.1) is 11.6 Å². The Morgan fingerprint density at radius 3 is 1.80 bits per heavy atom. The van der Waals surface area contributed by atoms with Gasteiger partial charge < -0.3 is 39.4 Å². The molecule has 7 atom stereocenters. The van der Waals surface area contributed by atoms with Crippen molar-refractivity contribution in [3.63, 3.8) is 0 Å². The maximum Gasteiger partial charge on any atom is 0.328 e. The lowest BCUT2D eigenvalue weighted by Gasteiger charge is -2.36. The molecule has 434 valence electrons. The number of carboxylic acids is 1. The van der Waals surface area contributed by atoms with Gasteiger partial charge in [0.25, 0.3) is 0 Å². The molecule has 8 heterocycles. The van der Waals surface area contributed by atoms with E-state index in [9.17, 15) is 19.1 Å². The number of esters is 1. The summed E-state index contributed by atoms with van der Waals surface area (Å²) in [4.78, 5) is 41.7. The first-order valence-electron chi connectivity index (χ1n) is 29.9. The molecule has 80 heavy (non-hydrogen) atoms. The number of hydrogen-bond donors (Lipinski definition) is 3. The first kappa shape index (κ1) is 58.1. The molecule has 0 bridgehead atoms. The molecular weight excluding hydrogens is 1020 g/mol. The predicted molar refractivity (Wildman–Crippen MR) is 304 cm³/mol. The topological polar surface area (TPSA) is 157 Å². The minimum Gasteiger partial charge on any atom is -0.480 e. The summed E-state index contributed by atoms with van der Waals surface area (Å²) >= 11 is 0. The lowest BCUT2D eigenvalue weighted by Crippen LogP contribution is -2.42. The van der Waals surface area contributed by atoms with Crippen molar-refractivity contribution in [1.29, 1.82) is 0 Å². The summed E-state index contributed by atoms with van der Waals surface area (Å²) in [5.74, 6) is -0.385. The quantitative estimate of drug-likeness (QED) is 0.0476. The number of benzene rings is 2. The van der Waals surface area contributed by atoms with Gasteiger partial charge in [0.1, 0.15) is 41.0 Å². The molecule has 0 saturated carbocycles. The normalized spacial score (nSPS) is 24.4. The molecule has 4 saturated heterocycles. The fourth-order valence-corrected chi connectivity index (χ4v) is 13.3. The molecular formula is C64H86F2N6O8. The Morgan fingerprint density at radius 2 is 1.25 bits per heavy atom. The van der Waals surface area contributed by atoms with Crippen LogP contribution in [0.4, 0.5) is 20.4 Å². The third kappa shape index (κ3) is 14.6. The zero-order valence-corrected chi connectivity index (χ0v) is 48.1. The smallest absolute Gasteiger partial charge is 0.328 e. The minimum absolute atomic E-state index is 0.00501. The van der Waals surface area contributed by atoms with Gasteiger partial charge in [0.05, 0.1) is 35.6 Å². The van der Waals surface area contributed by atoms with E-state index >= 15 is 4.39 Å². The number of likely N-dealkylation sites (tertiary alicyclic amines) is 2. The van der Waals surface area contributed by atoms with Gasteiger partial charge in [-0.25, -0.2) is 23.5 Å². The summed E-state index contributed by atoms with van der Waals surface area (Å²) in [6, 6.07) is 16.0. The van der Waals surface area contributed by atoms with Crippen molar-refractivity contribution in [2.75, 3.05) is 56.6 Å². The maximum atomic E-state index is 15.5. The first-order chi connectivity index (χ1) is 38.3. The second-order valence-corrected chi connectivity index (χ2v) is 25.4. The number of carbonyl (C=O) groups is 2. The van der Waals surface area contributed by atoms with Crippen molar-refractivity contribution >= 4 is 23.6 Å². The van der Waals surface area contributed by atoms with Gasteiger partial charge in [-0.2, -0.15) is 0 Å². The lowest BCUT2D eigenvalue weighted by atomic mass is 9.90. The molecule has 2 aromatic carbocycles. The lowest BCUT2D eigenvalue weighted by molar-refractivity contribution is -0.164. The Hall–Kier alpha value is -5.10. The number of carbonyl (C=O) groups excluding carboxylic acids is 1. The van der Waals surface area contributed by atoms with Crippen molar-refractivity contribution in [2.24, 2.45) is 0 Å². The number of anilines is 2. The van der Waals surface area contributed by atoms with Crippen molar-refractivity contribution in [3.05, 3.63) is 117 Å². The number of rotatable bonds is 23. The highest BCUT2D eigenvalue weighted by Gasteiger charge is 2.43. The van der Waals surface area contributed by atoms with E-state index in [4.69, 9.17) is 33.7 Å². The van der Waals surface area contributed by atoms with Crippen LogP contribution in [0.5, 0.6) is 0 Å². The van der Waals surface area contributed by atoms with Gasteiger partial charge in [-0.1, -0.05) is 24.3 Å². The fraction of sp³-hybridized carbons (Fsp3) is 0.625. The van der Waals surface area contributed by atoms with Gasteiger partial charge in [-0.15, -0.1) is 0 Å². The van der Waals surface area contributed by atoms with Crippen molar-refractivity contribution in [3.8, 4) is 0 Å². The molecule has 0 spiro atoms. The van der Waals surface area contributed by atoms with Crippen molar-refractivity contribution in [2.45, 2.75) is 210 Å². The van der Waals surface area contributed by atoms with E-state index in [2.05, 4.69) is 53.6 Å². The highest BCUT2D eigenvalue weighted by atomic mass is 19.1. The summed E-state index contributed by atoms with van der Waals surface area (Å²) in [6.07, 6.45) is 13.6. The van der Waals surface area contributed by atoms with Gasteiger partial charge in [0.2, 0.25) is 0 Å². The molecule has 7 unspecified atom stereocenters. The second kappa shape index (κ2) is 25.2. The molecule has 0 aliphatic carbocycles.